The molecule has 2 amide bonds. The van der Waals surface area contributed by atoms with E-state index in [1.165, 1.54) is 12.3 Å². The van der Waals surface area contributed by atoms with Crippen molar-refractivity contribution in [1.82, 2.24) is 9.88 Å². The molecule has 0 spiro atoms. The number of rotatable bonds is 2. The second-order valence-electron chi connectivity index (χ2n) is 5.20. The lowest BCUT2D eigenvalue weighted by Gasteiger charge is -2.38. The van der Waals surface area contributed by atoms with Crippen molar-refractivity contribution in [3.05, 3.63) is 24.0 Å². The fourth-order valence-corrected chi connectivity index (χ4v) is 2.60. The summed E-state index contributed by atoms with van der Waals surface area (Å²) >= 11 is 0. The average Bonchev–Trinajstić information content (AvgIpc) is 2.39. The minimum Gasteiger partial charge on any atom is -0.477 e. The van der Waals surface area contributed by atoms with E-state index in [1.54, 1.807) is 6.07 Å². The number of amides is 2. The van der Waals surface area contributed by atoms with E-state index in [4.69, 9.17) is 5.11 Å². The molecule has 0 unspecified atom stereocenters. The average molecular weight is 277 g/mol. The number of nitrogens with zero attached hydrogens (tertiary/aromatic N) is 2. The van der Waals surface area contributed by atoms with Crippen LogP contribution < -0.4 is 5.32 Å². The van der Waals surface area contributed by atoms with E-state index >= 15 is 0 Å². The quantitative estimate of drug-likeness (QED) is 0.870. The van der Waals surface area contributed by atoms with Gasteiger partial charge < -0.3 is 15.3 Å². The molecule has 6 heteroatoms. The zero-order valence-electron chi connectivity index (χ0n) is 11.7. The van der Waals surface area contributed by atoms with Crippen molar-refractivity contribution in [2.45, 2.75) is 45.2 Å². The Morgan fingerprint density at radius 2 is 1.95 bits per heavy atom. The van der Waals surface area contributed by atoms with Crippen molar-refractivity contribution in [2.24, 2.45) is 0 Å². The van der Waals surface area contributed by atoms with Gasteiger partial charge in [0.2, 0.25) is 0 Å². The number of anilines is 1. The molecule has 20 heavy (non-hydrogen) atoms. The SMILES string of the molecule is C[C@@H]1CCC[C@H](C)N1C(=O)Nc1ccc(C(=O)O)nc1. The molecule has 2 atom stereocenters. The lowest BCUT2D eigenvalue weighted by molar-refractivity contribution is 0.0690. The van der Waals surface area contributed by atoms with Crippen LogP contribution in [0.5, 0.6) is 0 Å². The van der Waals surface area contributed by atoms with Crippen LogP contribution >= 0.6 is 0 Å². The molecule has 1 aliphatic heterocycles. The van der Waals surface area contributed by atoms with Gasteiger partial charge in [-0.3, -0.25) is 0 Å². The third-order valence-corrected chi connectivity index (χ3v) is 3.66. The standard InChI is InChI=1S/C14H19N3O3/c1-9-4-3-5-10(2)17(9)14(20)16-11-6-7-12(13(18)19)15-8-11/h6-10H,3-5H2,1-2H3,(H,16,20)(H,18,19)/t9-,10+. The maximum atomic E-state index is 12.3. The molecule has 2 N–H and O–H groups in total. The largest absolute Gasteiger partial charge is 0.477 e. The van der Waals surface area contributed by atoms with Crippen LogP contribution in [0.25, 0.3) is 0 Å². The van der Waals surface area contributed by atoms with Crippen molar-refractivity contribution in [3.63, 3.8) is 0 Å². The lowest BCUT2D eigenvalue weighted by atomic mass is 9.98. The fraction of sp³-hybridized carbons (Fsp3) is 0.500. The van der Waals surface area contributed by atoms with E-state index in [1.807, 2.05) is 18.7 Å². The monoisotopic (exact) mass is 277 g/mol. The van der Waals surface area contributed by atoms with Crippen LogP contribution in [0.2, 0.25) is 0 Å². The van der Waals surface area contributed by atoms with Crippen LogP contribution in [0.3, 0.4) is 0 Å². The highest BCUT2D eigenvalue weighted by Gasteiger charge is 2.28. The number of nitrogens with one attached hydrogen (secondary N) is 1. The van der Waals surface area contributed by atoms with Gasteiger partial charge in [0.25, 0.3) is 0 Å². The number of urea groups is 1. The number of likely N-dealkylation sites (tertiary alicyclic amines) is 1. The molecule has 2 heterocycles. The van der Waals surface area contributed by atoms with Gasteiger partial charge in [-0.05, 0) is 45.2 Å². The summed E-state index contributed by atoms with van der Waals surface area (Å²) in [6.45, 7) is 4.09. The van der Waals surface area contributed by atoms with Crippen LogP contribution in [0.15, 0.2) is 18.3 Å². The number of piperidine rings is 1. The molecule has 6 nitrogen and oxygen atoms in total. The summed E-state index contributed by atoms with van der Waals surface area (Å²) in [5.74, 6) is -1.08. The zero-order valence-corrected chi connectivity index (χ0v) is 11.7. The third kappa shape index (κ3) is 3.07. The molecular weight excluding hydrogens is 258 g/mol. The van der Waals surface area contributed by atoms with Gasteiger partial charge in [0.1, 0.15) is 5.69 Å². The van der Waals surface area contributed by atoms with Gasteiger partial charge in [-0.2, -0.15) is 0 Å². The van der Waals surface area contributed by atoms with Crippen LogP contribution in [0.4, 0.5) is 10.5 Å². The van der Waals surface area contributed by atoms with E-state index in [-0.39, 0.29) is 23.8 Å². The van der Waals surface area contributed by atoms with Crippen molar-refractivity contribution >= 4 is 17.7 Å². The highest BCUT2D eigenvalue weighted by atomic mass is 16.4. The molecule has 2 rings (SSSR count). The normalized spacial score (nSPS) is 22.4. The predicted molar refractivity (Wildman–Crippen MR) is 74.8 cm³/mol. The van der Waals surface area contributed by atoms with E-state index in [2.05, 4.69) is 10.3 Å². The van der Waals surface area contributed by atoms with Gasteiger partial charge >= 0.3 is 12.0 Å². The molecule has 0 aromatic carbocycles. The molecule has 108 valence electrons. The summed E-state index contributed by atoms with van der Waals surface area (Å²) < 4.78 is 0. The van der Waals surface area contributed by atoms with Crippen LogP contribution in [-0.4, -0.2) is 39.1 Å². The number of hydrogen-bond donors (Lipinski definition) is 2. The molecule has 1 aliphatic rings. The number of pyridine rings is 1. The summed E-state index contributed by atoms with van der Waals surface area (Å²) in [4.78, 5) is 28.6. The Morgan fingerprint density at radius 3 is 2.45 bits per heavy atom. The molecule has 0 bridgehead atoms. The minimum absolute atomic E-state index is 0.0392. The second kappa shape index (κ2) is 5.90. The maximum Gasteiger partial charge on any atom is 0.354 e. The smallest absolute Gasteiger partial charge is 0.354 e. The number of carboxylic acids is 1. The van der Waals surface area contributed by atoms with Gasteiger partial charge in [0, 0.05) is 12.1 Å². The summed E-state index contributed by atoms with van der Waals surface area (Å²) in [6.07, 6.45) is 4.52. The summed E-state index contributed by atoms with van der Waals surface area (Å²) in [7, 11) is 0. The van der Waals surface area contributed by atoms with Gasteiger partial charge in [-0.15, -0.1) is 0 Å². The van der Waals surface area contributed by atoms with Crippen LogP contribution in [0, 0.1) is 0 Å². The molecule has 0 aliphatic carbocycles. The van der Waals surface area contributed by atoms with E-state index < -0.39 is 5.97 Å². The fourth-order valence-electron chi connectivity index (χ4n) is 2.60. The van der Waals surface area contributed by atoms with Gasteiger partial charge in [-0.25, -0.2) is 14.6 Å². The van der Waals surface area contributed by atoms with Crippen molar-refractivity contribution in [2.75, 3.05) is 5.32 Å². The van der Waals surface area contributed by atoms with Crippen molar-refractivity contribution < 1.29 is 14.7 Å². The number of carbonyl (C=O) groups excluding carboxylic acids is 1. The Balaban J connectivity index is 2.05. The molecule has 1 fully saturated rings. The van der Waals surface area contributed by atoms with Crippen molar-refractivity contribution in [3.8, 4) is 0 Å². The highest BCUT2D eigenvalue weighted by Crippen LogP contribution is 2.23. The Labute approximate surface area is 117 Å². The van der Waals surface area contributed by atoms with Crippen LogP contribution in [0.1, 0.15) is 43.6 Å². The Morgan fingerprint density at radius 1 is 1.30 bits per heavy atom. The number of aromatic carboxylic acids is 1. The lowest BCUT2D eigenvalue weighted by Crippen LogP contribution is -2.49. The maximum absolute atomic E-state index is 12.3. The van der Waals surface area contributed by atoms with E-state index in [0.717, 1.165) is 19.3 Å². The molecule has 0 radical (unpaired) electrons. The second-order valence-corrected chi connectivity index (χ2v) is 5.20. The molecule has 1 saturated heterocycles. The molecule has 1 aromatic heterocycles. The third-order valence-electron chi connectivity index (χ3n) is 3.66. The first kappa shape index (κ1) is 14.3. The molecular formula is C14H19N3O3. The summed E-state index contributed by atoms with van der Waals surface area (Å²) in [6, 6.07) is 3.19. The minimum atomic E-state index is -1.08. The Kier molecular flexibility index (Phi) is 4.22. The number of aromatic nitrogens is 1. The van der Waals surface area contributed by atoms with E-state index in [0.29, 0.717) is 5.69 Å². The first-order chi connectivity index (χ1) is 9.49. The molecule has 0 saturated carbocycles. The summed E-state index contributed by atoms with van der Waals surface area (Å²) in [5.41, 5.74) is 0.465. The first-order valence-corrected chi connectivity index (χ1v) is 6.77. The number of carboxylic acid groups (broad SMARTS) is 1. The number of hydrogen-bond acceptors (Lipinski definition) is 3. The van der Waals surface area contributed by atoms with Crippen LogP contribution in [-0.2, 0) is 0 Å². The Hall–Kier alpha value is -2.11. The number of carbonyl (C=O) groups is 2. The summed E-state index contributed by atoms with van der Waals surface area (Å²) in [5, 5.41) is 11.5. The first-order valence-electron chi connectivity index (χ1n) is 6.77. The van der Waals surface area contributed by atoms with Gasteiger partial charge in [-0.1, -0.05) is 0 Å². The van der Waals surface area contributed by atoms with E-state index in [9.17, 15) is 9.59 Å². The van der Waals surface area contributed by atoms with Gasteiger partial charge in [0.15, 0.2) is 0 Å². The Bertz CT molecular complexity index is 491. The zero-order chi connectivity index (χ0) is 14.7. The highest BCUT2D eigenvalue weighted by molar-refractivity contribution is 5.90. The predicted octanol–water partition coefficient (Wildman–Crippen LogP) is 2.57. The topological polar surface area (TPSA) is 82.5 Å². The van der Waals surface area contributed by atoms with Gasteiger partial charge in [0.05, 0.1) is 11.9 Å². The van der Waals surface area contributed by atoms with Crippen molar-refractivity contribution in [1.29, 1.82) is 0 Å². The molecule has 1 aromatic rings.